The van der Waals surface area contributed by atoms with Crippen LogP contribution in [0.4, 0.5) is 17.6 Å². The standard InChI is InChI=1S/C14H17F4NO2/c1-13(2,15)8-10(12(20)21)19-11(14(16,17)18)9-6-4-3-5-7-9/h3-7,10-11,19H,8H2,1-2H3,(H,20,21)/t10-,11-/m0/s1. The van der Waals surface area contributed by atoms with Crippen molar-refractivity contribution in [3.63, 3.8) is 0 Å². The van der Waals surface area contributed by atoms with Gasteiger partial charge in [0.15, 0.2) is 0 Å². The molecule has 1 rings (SSSR count). The molecule has 0 amide bonds. The monoisotopic (exact) mass is 307 g/mol. The van der Waals surface area contributed by atoms with Gasteiger partial charge in [0.25, 0.3) is 0 Å². The van der Waals surface area contributed by atoms with E-state index in [2.05, 4.69) is 0 Å². The number of aliphatic carboxylic acids is 1. The number of carboxylic acids is 1. The third-order valence-electron chi connectivity index (χ3n) is 2.82. The molecule has 0 bridgehead atoms. The highest BCUT2D eigenvalue weighted by Crippen LogP contribution is 2.33. The first-order chi connectivity index (χ1) is 9.50. The molecule has 7 heteroatoms. The number of alkyl halides is 4. The lowest BCUT2D eigenvalue weighted by atomic mass is 9.98. The molecule has 2 atom stereocenters. The van der Waals surface area contributed by atoms with E-state index in [1.54, 1.807) is 6.07 Å². The highest BCUT2D eigenvalue weighted by atomic mass is 19.4. The molecule has 0 fully saturated rings. The largest absolute Gasteiger partial charge is 0.480 e. The van der Waals surface area contributed by atoms with E-state index in [1.165, 1.54) is 24.3 Å². The van der Waals surface area contributed by atoms with Crippen LogP contribution in [0.3, 0.4) is 0 Å². The SMILES string of the molecule is CC(C)(F)C[C@H](N[C@@H](c1ccccc1)C(F)(F)F)C(=O)O. The molecule has 0 aliphatic carbocycles. The smallest absolute Gasteiger partial charge is 0.407 e. The number of rotatable bonds is 6. The van der Waals surface area contributed by atoms with Crippen molar-refractivity contribution in [1.29, 1.82) is 0 Å². The van der Waals surface area contributed by atoms with Gasteiger partial charge in [0.2, 0.25) is 0 Å². The van der Waals surface area contributed by atoms with Crippen LogP contribution in [0, 0.1) is 0 Å². The fourth-order valence-corrected chi connectivity index (χ4v) is 1.93. The van der Waals surface area contributed by atoms with Gasteiger partial charge >= 0.3 is 12.1 Å². The molecular formula is C14H17F4NO2. The van der Waals surface area contributed by atoms with E-state index in [1.807, 2.05) is 5.32 Å². The zero-order chi connectivity index (χ0) is 16.3. The van der Waals surface area contributed by atoms with Gasteiger partial charge < -0.3 is 5.11 Å². The molecule has 1 aromatic rings. The molecule has 0 aromatic heterocycles. The van der Waals surface area contributed by atoms with Crippen LogP contribution in [0.25, 0.3) is 0 Å². The van der Waals surface area contributed by atoms with E-state index in [0.29, 0.717) is 0 Å². The summed E-state index contributed by atoms with van der Waals surface area (Å²) >= 11 is 0. The van der Waals surface area contributed by atoms with E-state index in [9.17, 15) is 22.4 Å². The first-order valence-electron chi connectivity index (χ1n) is 6.30. The maximum atomic E-state index is 13.6. The van der Waals surface area contributed by atoms with E-state index < -0.39 is 36.3 Å². The van der Waals surface area contributed by atoms with Crippen LogP contribution in [0.2, 0.25) is 0 Å². The second kappa shape index (κ2) is 6.43. The molecular weight excluding hydrogens is 290 g/mol. The van der Waals surface area contributed by atoms with Crippen LogP contribution in [0.5, 0.6) is 0 Å². The molecule has 0 unspecified atom stereocenters. The van der Waals surface area contributed by atoms with Crippen molar-refractivity contribution >= 4 is 5.97 Å². The van der Waals surface area contributed by atoms with Crippen LogP contribution < -0.4 is 5.32 Å². The first-order valence-corrected chi connectivity index (χ1v) is 6.30. The molecule has 0 spiro atoms. The van der Waals surface area contributed by atoms with Gasteiger partial charge in [-0.05, 0) is 19.4 Å². The van der Waals surface area contributed by atoms with E-state index in [0.717, 1.165) is 13.8 Å². The summed E-state index contributed by atoms with van der Waals surface area (Å²) in [5.74, 6) is -1.52. The van der Waals surface area contributed by atoms with Gasteiger partial charge in [-0.25, -0.2) is 4.39 Å². The van der Waals surface area contributed by atoms with Crippen molar-refractivity contribution in [3.05, 3.63) is 35.9 Å². The van der Waals surface area contributed by atoms with Crippen LogP contribution in [0.1, 0.15) is 31.9 Å². The minimum Gasteiger partial charge on any atom is -0.480 e. The molecule has 1 aromatic carbocycles. The number of nitrogens with one attached hydrogen (secondary N) is 1. The topological polar surface area (TPSA) is 49.3 Å². The predicted octanol–water partition coefficient (Wildman–Crippen LogP) is 3.47. The Labute approximate surface area is 120 Å². The number of carbonyl (C=O) groups is 1. The van der Waals surface area contributed by atoms with E-state index in [4.69, 9.17) is 5.11 Å². The maximum absolute atomic E-state index is 13.6. The normalized spacial score (nSPS) is 15.5. The lowest BCUT2D eigenvalue weighted by molar-refractivity contribution is -0.164. The van der Waals surface area contributed by atoms with Crippen molar-refractivity contribution < 1.29 is 27.5 Å². The molecule has 0 aliphatic rings. The summed E-state index contributed by atoms with van der Waals surface area (Å²) in [7, 11) is 0. The number of hydrogen-bond donors (Lipinski definition) is 2. The second-order valence-electron chi connectivity index (χ2n) is 5.37. The van der Waals surface area contributed by atoms with Gasteiger partial charge in [-0.1, -0.05) is 30.3 Å². The zero-order valence-corrected chi connectivity index (χ0v) is 11.6. The maximum Gasteiger partial charge on any atom is 0.407 e. The lowest BCUT2D eigenvalue weighted by Crippen LogP contribution is -2.47. The minimum absolute atomic E-state index is 0.118. The molecule has 0 aliphatic heterocycles. The molecule has 21 heavy (non-hydrogen) atoms. The van der Waals surface area contributed by atoms with E-state index in [-0.39, 0.29) is 5.56 Å². The highest BCUT2D eigenvalue weighted by molar-refractivity contribution is 5.73. The van der Waals surface area contributed by atoms with Crippen molar-refractivity contribution in [1.82, 2.24) is 5.32 Å². The fraction of sp³-hybridized carbons (Fsp3) is 0.500. The molecule has 3 nitrogen and oxygen atoms in total. The molecule has 0 saturated carbocycles. The van der Waals surface area contributed by atoms with Gasteiger partial charge in [0, 0.05) is 6.42 Å². The van der Waals surface area contributed by atoms with E-state index >= 15 is 0 Å². The zero-order valence-electron chi connectivity index (χ0n) is 11.6. The first kappa shape index (κ1) is 17.4. The Balaban J connectivity index is 3.02. The molecule has 2 N–H and O–H groups in total. The van der Waals surface area contributed by atoms with Gasteiger partial charge in [0.1, 0.15) is 17.8 Å². The van der Waals surface area contributed by atoms with Gasteiger partial charge in [-0.3, -0.25) is 10.1 Å². The van der Waals surface area contributed by atoms with Gasteiger partial charge in [0.05, 0.1) is 0 Å². The van der Waals surface area contributed by atoms with Gasteiger partial charge in [-0.15, -0.1) is 0 Å². The number of benzene rings is 1. The number of halogens is 4. The Hall–Kier alpha value is -1.63. The van der Waals surface area contributed by atoms with Gasteiger partial charge in [-0.2, -0.15) is 13.2 Å². The van der Waals surface area contributed by atoms with Crippen LogP contribution in [-0.2, 0) is 4.79 Å². The second-order valence-corrected chi connectivity index (χ2v) is 5.37. The summed E-state index contributed by atoms with van der Waals surface area (Å²) in [4.78, 5) is 11.1. The lowest BCUT2D eigenvalue weighted by Gasteiger charge is -2.28. The summed E-state index contributed by atoms with van der Waals surface area (Å²) in [6.45, 7) is 2.24. The van der Waals surface area contributed by atoms with Crippen molar-refractivity contribution in [3.8, 4) is 0 Å². The Morgan fingerprint density at radius 1 is 1.19 bits per heavy atom. The molecule has 0 heterocycles. The molecule has 118 valence electrons. The third-order valence-corrected chi connectivity index (χ3v) is 2.82. The summed E-state index contributed by atoms with van der Waals surface area (Å²) in [6, 6.07) is 3.07. The Morgan fingerprint density at radius 2 is 1.71 bits per heavy atom. The van der Waals surface area contributed by atoms with Crippen molar-refractivity contribution in [2.45, 2.75) is 44.2 Å². The van der Waals surface area contributed by atoms with Crippen LogP contribution >= 0.6 is 0 Å². The summed E-state index contributed by atoms with van der Waals surface area (Å²) in [6.07, 6.45) is -5.25. The third kappa shape index (κ3) is 5.71. The Morgan fingerprint density at radius 3 is 2.10 bits per heavy atom. The average molecular weight is 307 g/mol. The summed E-state index contributed by atoms with van der Waals surface area (Å²) in [5, 5.41) is 11.0. The predicted molar refractivity (Wildman–Crippen MR) is 69.6 cm³/mol. The molecule has 0 saturated heterocycles. The summed E-state index contributed by atoms with van der Waals surface area (Å²) < 4.78 is 52.9. The Kier molecular flexibility index (Phi) is 5.33. The Bertz CT molecular complexity index is 468. The number of carboxylic acid groups (broad SMARTS) is 1. The summed E-state index contributed by atoms with van der Waals surface area (Å²) in [5.41, 5.74) is -2.02. The van der Waals surface area contributed by atoms with Crippen molar-refractivity contribution in [2.24, 2.45) is 0 Å². The fourth-order valence-electron chi connectivity index (χ4n) is 1.93. The quantitative estimate of drug-likeness (QED) is 0.791. The highest BCUT2D eigenvalue weighted by Gasteiger charge is 2.43. The average Bonchev–Trinajstić information content (AvgIpc) is 2.32. The molecule has 0 radical (unpaired) electrons. The van der Waals surface area contributed by atoms with Crippen LogP contribution in [-0.4, -0.2) is 29.0 Å². The number of hydrogen-bond acceptors (Lipinski definition) is 2. The minimum atomic E-state index is -4.69. The van der Waals surface area contributed by atoms with Crippen molar-refractivity contribution in [2.75, 3.05) is 0 Å². The van der Waals surface area contributed by atoms with Crippen LogP contribution in [0.15, 0.2) is 30.3 Å².